The molecule has 0 saturated carbocycles. The minimum atomic E-state index is -4.61. The van der Waals surface area contributed by atoms with Crippen molar-refractivity contribution in [3.05, 3.63) is 45.0 Å². The molecule has 0 amide bonds. The Labute approximate surface area is 165 Å². The lowest BCUT2D eigenvalue weighted by Gasteiger charge is -2.13. The highest BCUT2D eigenvalue weighted by Crippen LogP contribution is 2.41. The Kier molecular flexibility index (Phi) is 6.34. The number of nitrogens with zero attached hydrogens (tertiary/aromatic N) is 4. The number of hydrazone groups is 1. The third kappa shape index (κ3) is 5.14. The van der Waals surface area contributed by atoms with Gasteiger partial charge >= 0.3 is 6.18 Å². The zero-order chi connectivity index (χ0) is 20.2. The maximum atomic E-state index is 12.6. The summed E-state index contributed by atoms with van der Waals surface area (Å²) >= 11 is 17.9. The summed E-state index contributed by atoms with van der Waals surface area (Å²) in [6.45, 7) is 0. The van der Waals surface area contributed by atoms with Crippen LogP contribution in [-0.2, 0) is 6.18 Å². The SMILES string of the molecule is N#CC(C#N)=NNc1cc(Cl)c(Oc2ncc(C(F)(F)F)cc2Cl)c(Cl)c1. The van der Waals surface area contributed by atoms with E-state index in [-0.39, 0.29) is 27.4 Å². The van der Waals surface area contributed by atoms with Crippen molar-refractivity contribution in [3.8, 4) is 23.8 Å². The second kappa shape index (κ2) is 8.31. The minimum Gasteiger partial charge on any atom is -0.434 e. The van der Waals surface area contributed by atoms with E-state index in [4.69, 9.17) is 50.1 Å². The lowest BCUT2D eigenvalue weighted by Crippen LogP contribution is -2.06. The van der Waals surface area contributed by atoms with Crippen LogP contribution in [0.2, 0.25) is 15.1 Å². The molecule has 12 heteroatoms. The van der Waals surface area contributed by atoms with Gasteiger partial charge in [0.15, 0.2) is 5.75 Å². The first-order valence-corrected chi connectivity index (χ1v) is 7.82. The molecule has 0 fully saturated rings. The van der Waals surface area contributed by atoms with Crippen molar-refractivity contribution >= 4 is 46.2 Å². The fraction of sp³-hybridized carbons (Fsp3) is 0.0667. The van der Waals surface area contributed by atoms with Gasteiger partial charge in [0.2, 0.25) is 11.6 Å². The standard InChI is InChI=1S/C15H5Cl3F3N5O/c16-10-2-8(25-26-9(4-22)5-23)3-11(17)13(10)27-14-12(18)1-7(6-24-14)15(19,20)21/h1-3,6,25H. The van der Waals surface area contributed by atoms with Gasteiger partial charge in [-0.15, -0.1) is 0 Å². The number of alkyl halides is 3. The molecule has 1 heterocycles. The maximum Gasteiger partial charge on any atom is 0.417 e. The number of halogens is 6. The van der Waals surface area contributed by atoms with Crippen molar-refractivity contribution in [2.24, 2.45) is 5.10 Å². The van der Waals surface area contributed by atoms with Gasteiger partial charge in [0.05, 0.1) is 21.3 Å². The molecule has 0 saturated heterocycles. The van der Waals surface area contributed by atoms with E-state index in [1.807, 2.05) is 0 Å². The molecule has 1 N–H and O–H groups in total. The van der Waals surface area contributed by atoms with Gasteiger partial charge in [0.25, 0.3) is 0 Å². The first kappa shape index (κ1) is 20.6. The van der Waals surface area contributed by atoms with E-state index >= 15 is 0 Å². The van der Waals surface area contributed by atoms with Gasteiger partial charge in [0, 0.05) is 6.20 Å². The van der Waals surface area contributed by atoms with Crippen molar-refractivity contribution in [1.29, 1.82) is 10.5 Å². The monoisotopic (exact) mass is 433 g/mol. The number of rotatable bonds is 4. The quantitative estimate of drug-likeness (QED) is 0.494. The van der Waals surface area contributed by atoms with Crippen molar-refractivity contribution in [3.63, 3.8) is 0 Å². The molecule has 1 aromatic carbocycles. The van der Waals surface area contributed by atoms with Crippen LogP contribution in [0, 0.1) is 22.7 Å². The third-order valence-electron chi connectivity index (χ3n) is 2.84. The van der Waals surface area contributed by atoms with Gasteiger partial charge in [0.1, 0.15) is 17.2 Å². The zero-order valence-electron chi connectivity index (χ0n) is 12.8. The Morgan fingerprint density at radius 2 is 1.67 bits per heavy atom. The van der Waals surface area contributed by atoms with Crippen LogP contribution in [0.5, 0.6) is 11.6 Å². The number of ether oxygens (including phenoxy) is 1. The van der Waals surface area contributed by atoms with Crippen LogP contribution in [0.1, 0.15) is 5.56 Å². The molecule has 2 aromatic rings. The molecule has 0 radical (unpaired) electrons. The van der Waals surface area contributed by atoms with E-state index in [0.717, 1.165) is 0 Å². The van der Waals surface area contributed by atoms with E-state index in [0.29, 0.717) is 12.3 Å². The summed E-state index contributed by atoms with van der Waals surface area (Å²) in [5.41, 5.74) is 1.17. The minimum absolute atomic E-state index is 0.0478. The third-order valence-corrected chi connectivity index (χ3v) is 3.67. The fourth-order valence-corrected chi connectivity index (χ4v) is 2.44. The normalized spacial score (nSPS) is 10.5. The molecule has 0 aliphatic carbocycles. The highest BCUT2D eigenvalue weighted by atomic mass is 35.5. The van der Waals surface area contributed by atoms with E-state index in [1.54, 1.807) is 12.1 Å². The summed E-state index contributed by atoms with van der Waals surface area (Å²) in [5.74, 6) is -0.439. The molecule has 2 rings (SSSR count). The molecular weight excluding hydrogens is 430 g/mol. The largest absolute Gasteiger partial charge is 0.434 e. The molecule has 0 unspecified atom stereocenters. The summed E-state index contributed by atoms with van der Waals surface area (Å²) < 4.78 is 43.2. The van der Waals surface area contributed by atoms with Crippen LogP contribution in [-0.4, -0.2) is 10.7 Å². The molecule has 6 nitrogen and oxygen atoms in total. The van der Waals surface area contributed by atoms with Crippen LogP contribution < -0.4 is 10.2 Å². The number of hydrogen-bond donors (Lipinski definition) is 1. The van der Waals surface area contributed by atoms with Gasteiger partial charge in [-0.1, -0.05) is 34.8 Å². The van der Waals surface area contributed by atoms with Crippen LogP contribution in [0.4, 0.5) is 18.9 Å². The van der Waals surface area contributed by atoms with Gasteiger partial charge in [-0.25, -0.2) is 4.98 Å². The molecule has 138 valence electrons. The van der Waals surface area contributed by atoms with Crippen molar-refractivity contribution in [2.45, 2.75) is 6.18 Å². The highest BCUT2D eigenvalue weighted by molar-refractivity contribution is 6.37. The van der Waals surface area contributed by atoms with Crippen LogP contribution in [0.3, 0.4) is 0 Å². The predicted molar refractivity (Wildman–Crippen MR) is 93.1 cm³/mol. The first-order chi connectivity index (χ1) is 12.7. The van der Waals surface area contributed by atoms with Crippen LogP contribution in [0.25, 0.3) is 0 Å². The Morgan fingerprint density at radius 1 is 1.07 bits per heavy atom. The molecule has 1 aromatic heterocycles. The number of pyridine rings is 1. The number of hydrogen-bond acceptors (Lipinski definition) is 6. The van der Waals surface area contributed by atoms with E-state index in [2.05, 4.69) is 15.5 Å². The molecule has 0 bridgehead atoms. The number of aromatic nitrogens is 1. The number of anilines is 1. The van der Waals surface area contributed by atoms with Crippen molar-refractivity contribution in [1.82, 2.24) is 4.98 Å². The molecule has 0 atom stereocenters. The Balaban J connectivity index is 2.30. The average Bonchev–Trinajstić information content (AvgIpc) is 2.59. The smallest absolute Gasteiger partial charge is 0.417 e. The van der Waals surface area contributed by atoms with E-state index in [1.165, 1.54) is 12.1 Å². The number of nitriles is 2. The fourth-order valence-electron chi connectivity index (χ4n) is 1.67. The number of benzene rings is 1. The summed E-state index contributed by atoms with van der Waals surface area (Å²) in [5, 5.41) is 20.3. The predicted octanol–water partition coefficient (Wildman–Crippen LogP) is 5.67. The van der Waals surface area contributed by atoms with Crippen LogP contribution >= 0.6 is 34.8 Å². The summed E-state index contributed by atoms with van der Waals surface area (Å²) in [4.78, 5) is 3.53. The van der Waals surface area contributed by atoms with Gasteiger partial charge in [-0.05, 0) is 18.2 Å². The summed E-state index contributed by atoms with van der Waals surface area (Å²) in [6, 6.07) is 6.36. The van der Waals surface area contributed by atoms with Crippen molar-refractivity contribution in [2.75, 3.05) is 5.43 Å². The van der Waals surface area contributed by atoms with Gasteiger partial charge in [-0.2, -0.15) is 28.8 Å². The second-order valence-corrected chi connectivity index (χ2v) is 5.90. The maximum absolute atomic E-state index is 12.6. The highest BCUT2D eigenvalue weighted by Gasteiger charge is 2.32. The van der Waals surface area contributed by atoms with Gasteiger partial charge in [-0.3, -0.25) is 5.43 Å². The average molecular weight is 435 g/mol. The molecule has 27 heavy (non-hydrogen) atoms. The number of nitrogens with one attached hydrogen (secondary N) is 1. The Hall–Kier alpha value is -2.72. The zero-order valence-corrected chi connectivity index (χ0v) is 15.0. The lowest BCUT2D eigenvalue weighted by molar-refractivity contribution is -0.137. The molecule has 0 spiro atoms. The molecule has 0 aliphatic rings. The Bertz CT molecular complexity index is 957. The molecule has 0 aliphatic heterocycles. The van der Waals surface area contributed by atoms with Gasteiger partial charge < -0.3 is 4.74 Å². The lowest BCUT2D eigenvalue weighted by atomic mass is 10.3. The van der Waals surface area contributed by atoms with E-state index in [9.17, 15) is 13.2 Å². The Morgan fingerprint density at radius 3 is 2.15 bits per heavy atom. The first-order valence-electron chi connectivity index (χ1n) is 6.69. The topological polar surface area (TPSA) is 94.1 Å². The molecular formula is C15H5Cl3F3N5O. The second-order valence-electron chi connectivity index (χ2n) is 4.68. The van der Waals surface area contributed by atoms with Crippen LogP contribution in [0.15, 0.2) is 29.5 Å². The summed E-state index contributed by atoms with van der Waals surface area (Å²) in [7, 11) is 0. The van der Waals surface area contributed by atoms with Crippen molar-refractivity contribution < 1.29 is 17.9 Å². The van der Waals surface area contributed by atoms with E-state index < -0.39 is 22.5 Å². The summed E-state index contributed by atoms with van der Waals surface area (Å²) in [6.07, 6.45) is -4.05.